The van der Waals surface area contributed by atoms with Gasteiger partial charge in [-0.25, -0.2) is 0 Å². The van der Waals surface area contributed by atoms with Crippen molar-refractivity contribution in [1.82, 2.24) is 0 Å². The van der Waals surface area contributed by atoms with Crippen molar-refractivity contribution in [3.63, 3.8) is 0 Å². The van der Waals surface area contributed by atoms with E-state index in [1.54, 1.807) is 0 Å². The van der Waals surface area contributed by atoms with Crippen molar-refractivity contribution < 1.29 is 4.74 Å². The number of anilines is 1. The molecule has 74 valence electrons. The standard InChI is InChI=1S/C10H12N2OS/c11-10(14)7-12-5-6-13-9-4-2-1-3-8(9)12/h1-4H,5-7H2,(H2,11,14). The molecule has 1 aromatic carbocycles. The summed E-state index contributed by atoms with van der Waals surface area (Å²) in [6.45, 7) is 2.16. The zero-order chi connectivity index (χ0) is 9.97. The van der Waals surface area contributed by atoms with Crippen molar-refractivity contribution in [1.29, 1.82) is 0 Å². The largest absolute Gasteiger partial charge is 0.490 e. The highest BCUT2D eigenvalue weighted by Crippen LogP contribution is 2.30. The van der Waals surface area contributed by atoms with Crippen molar-refractivity contribution in [3.8, 4) is 5.75 Å². The highest BCUT2D eigenvalue weighted by atomic mass is 32.1. The van der Waals surface area contributed by atoms with Crippen LogP contribution in [-0.2, 0) is 0 Å². The highest BCUT2D eigenvalue weighted by molar-refractivity contribution is 7.80. The minimum Gasteiger partial charge on any atom is -0.490 e. The van der Waals surface area contributed by atoms with Gasteiger partial charge < -0.3 is 15.4 Å². The third kappa shape index (κ3) is 1.80. The second-order valence-corrected chi connectivity index (χ2v) is 3.73. The molecule has 14 heavy (non-hydrogen) atoms. The van der Waals surface area contributed by atoms with Crippen LogP contribution in [0.3, 0.4) is 0 Å². The van der Waals surface area contributed by atoms with Gasteiger partial charge in [0.1, 0.15) is 12.4 Å². The van der Waals surface area contributed by atoms with Gasteiger partial charge in [0.25, 0.3) is 0 Å². The van der Waals surface area contributed by atoms with E-state index in [1.165, 1.54) is 0 Å². The first-order valence-electron chi connectivity index (χ1n) is 4.52. The van der Waals surface area contributed by atoms with Crippen LogP contribution in [0.25, 0.3) is 0 Å². The van der Waals surface area contributed by atoms with E-state index in [9.17, 15) is 0 Å². The Morgan fingerprint density at radius 3 is 3.07 bits per heavy atom. The molecule has 1 heterocycles. The van der Waals surface area contributed by atoms with Crippen molar-refractivity contribution in [2.75, 3.05) is 24.6 Å². The molecule has 0 aliphatic carbocycles. The lowest BCUT2D eigenvalue weighted by atomic mass is 10.2. The SMILES string of the molecule is NC(=S)CN1CCOc2ccccc21. The zero-order valence-corrected chi connectivity index (χ0v) is 8.59. The molecule has 0 unspecified atom stereocenters. The van der Waals surface area contributed by atoms with E-state index in [4.69, 9.17) is 22.7 Å². The number of ether oxygens (including phenoxy) is 1. The predicted molar refractivity (Wildman–Crippen MR) is 60.9 cm³/mol. The van der Waals surface area contributed by atoms with Crippen molar-refractivity contribution in [2.45, 2.75) is 0 Å². The summed E-state index contributed by atoms with van der Waals surface area (Å²) in [4.78, 5) is 2.66. The van der Waals surface area contributed by atoms with Crippen LogP contribution in [0.15, 0.2) is 24.3 Å². The van der Waals surface area contributed by atoms with Crippen LogP contribution in [0.2, 0.25) is 0 Å². The number of nitrogens with zero attached hydrogens (tertiary/aromatic N) is 1. The fraction of sp³-hybridized carbons (Fsp3) is 0.300. The summed E-state index contributed by atoms with van der Waals surface area (Å²) >= 11 is 4.90. The van der Waals surface area contributed by atoms with Crippen molar-refractivity contribution >= 4 is 22.9 Å². The second kappa shape index (κ2) is 3.84. The van der Waals surface area contributed by atoms with Crippen molar-refractivity contribution in [3.05, 3.63) is 24.3 Å². The number of nitrogens with two attached hydrogens (primary N) is 1. The maximum absolute atomic E-state index is 5.53. The van der Waals surface area contributed by atoms with E-state index in [0.29, 0.717) is 18.1 Å². The van der Waals surface area contributed by atoms with Gasteiger partial charge in [0, 0.05) is 0 Å². The Balaban J connectivity index is 2.26. The number of benzene rings is 1. The monoisotopic (exact) mass is 208 g/mol. The third-order valence-electron chi connectivity index (χ3n) is 2.17. The number of fused-ring (bicyclic) bond motifs is 1. The van der Waals surface area contributed by atoms with Gasteiger partial charge in [0.15, 0.2) is 0 Å². The molecule has 0 radical (unpaired) electrons. The number of hydrogen-bond donors (Lipinski definition) is 1. The molecule has 0 saturated carbocycles. The smallest absolute Gasteiger partial charge is 0.142 e. The Morgan fingerprint density at radius 2 is 2.29 bits per heavy atom. The van der Waals surface area contributed by atoms with Gasteiger partial charge in [-0.15, -0.1) is 0 Å². The highest BCUT2D eigenvalue weighted by Gasteiger charge is 2.17. The second-order valence-electron chi connectivity index (χ2n) is 3.20. The molecule has 1 aromatic rings. The van der Waals surface area contributed by atoms with E-state index in [0.717, 1.165) is 18.0 Å². The van der Waals surface area contributed by atoms with Crippen molar-refractivity contribution in [2.24, 2.45) is 5.73 Å². The van der Waals surface area contributed by atoms with Crippen LogP contribution in [-0.4, -0.2) is 24.7 Å². The first-order chi connectivity index (χ1) is 6.77. The van der Waals surface area contributed by atoms with Gasteiger partial charge in [0.2, 0.25) is 0 Å². The number of rotatable bonds is 2. The average molecular weight is 208 g/mol. The topological polar surface area (TPSA) is 38.5 Å². The van der Waals surface area contributed by atoms with Crippen LogP contribution in [0.4, 0.5) is 5.69 Å². The van der Waals surface area contributed by atoms with Crippen LogP contribution in [0.1, 0.15) is 0 Å². The molecule has 1 aliphatic heterocycles. The first-order valence-corrected chi connectivity index (χ1v) is 4.93. The summed E-state index contributed by atoms with van der Waals surface area (Å²) in [6, 6.07) is 7.93. The molecule has 0 fully saturated rings. The van der Waals surface area contributed by atoms with E-state index in [1.807, 2.05) is 24.3 Å². The molecular formula is C10H12N2OS. The van der Waals surface area contributed by atoms with Gasteiger partial charge in [0.05, 0.1) is 23.8 Å². The summed E-state index contributed by atoms with van der Waals surface area (Å²) in [6.07, 6.45) is 0. The molecule has 0 atom stereocenters. The van der Waals surface area contributed by atoms with E-state index in [2.05, 4.69) is 4.90 Å². The predicted octanol–water partition coefficient (Wildman–Crippen LogP) is 1.17. The first kappa shape index (κ1) is 9.27. The van der Waals surface area contributed by atoms with Crippen LogP contribution >= 0.6 is 12.2 Å². The minimum atomic E-state index is 0.515. The number of hydrogen-bond acceptors (Lipinski definition) is 3. The van der Waals surface area contributed by atoms with Crippen LogP contribution in [0.5, 0.6) is 5.75 Å². The van der Waals surface area contributed by atoms with Gasteiger partial charge in [-0.1, -0.05) is 24.4 Å². The average Bonchev–Trinajstić information content (AvgIpc) is 2.18. The zero-order valence-electron chi connectivity index (χ0n) is 7.77. The fourth-order valence-corrected chi connectivity index (χ4v) is 1.73. The summed E-state index contributed by atoms with van der Waals surface area (Å²) in [7, 11) is 0. The molecule has 2 N–H and O–H groups in total. The maximum Gasteiger partial charge on any atom is 0.142 e. The molecule has 0 bridgehead atoms. The van der Waals surface area contributed by atoms with E-state index in [-0.39, 0.29) is 0 Å². The van der Waals surface area contributed by atoms with Crippen LogP contribution < -0.4 is 15.4 Å². The molecule has 0 aromatic heterocycles. The molecular weight excluding hydrogens is 196 g/mol. The van der Waals surface area contributed by atoms with Gasteiger partial charge in [-0.3, -0.25) is 0 Å². The molecule has 2 rings (SSSR count). The fourth-order valence-electron chi connectivity index (χ4n) is 1.58. The van der Waals surface area contributed by atoms with Gasteiger partial charge >= 0.3 is 0 Å². The molecule has 3 nitrogen and oxygen atoms in total. The Bertz CT molecular complexity index is 354. The van der Waals surface area contributed by atoms with E-state index < -0.39 is 0 Å². The molecule has 0 amide bonds. The summed E-state index contributed by atoms with van der Waals surface area (Å²) in [5.41, 5.74) is 6.60. The Morgan fingerprint density at radius 1 is 1.50 bits per heavy atom. The molecule has 0 spiro atoms. The summed E-state index contributed by atoms with van der Waals surface area (Å²) in [5.74, 6) is 0.912. The Kier molecular flexibility index (Phi) is 2.54. The molecule has 0 saturated heterocycles. The lowest BCUT2D eigenvalue weighted by molar-refractivity contribution is 0.310. The lowest BCUT2D eigenvalue weighted by Crippen LogP contribution is -2.38. The Hall–Kier alpha value is -1.29. The maximum atomic E-state index is 5.53. The normalized spacial score (nSPS) is 14.4. The minimum absolute atomic E-state index is 0.515. The van der Waals surface area contributed by atoms with Gasteiger partial charge in [-0.2, -0.15) is 0 Å². The third-order valence-corrected chi connectivity index (χ3v) is 2.30. The molecule has 4 heteroatoms. The number of thiocarbonyl (C=S) groups is 1. The van der Waals surface area contributed by atoms with Crippen LogP contribution in [0, 0.1) is 0 Å². The van der Waals surface area contributed by atoms with Gasteiger partial charge in [-0.05, 0) is 12.1 Å². The summed E-state index contributed by atoms with van der Waals surface area (Å²) < 4.78 is 5.51. The van der Waals surface area contributed by atoms with E-state index >= 15 is 0 Å². The lowest BCUT2D eigenvalue weighted by Gasteiger charge is -2.30. The summed E-state index contributed by atoms with van der Waals surface area (Å²) in [5, 5.41) is 0. The molecule has 1 aliphatic rings. The number of para-hydroxylation sites is 2. The quantitative estimate of drug-likeness (QED) is 0.740. The Labute approximate surface area is 88.5 Å².